The van der Waals surface area contributed by atoms with Gasteiger partial charge in [0.05, 0.1) is 25.4 Å². The fourth-order valence-corrected chi connectivity index (χ4v) is 0.150. The Hall–Kier alpha value is -0.420. The van der Waals surface area contributed by atoms with Crippen LogP contribution in [0.25, 0.3) is 0 Å². The average molecular weight is 269 g/mol. The summed E-state index contributed by atoms with van der Waals surface area (Å²) in [5, 5.41) is 25.0. The zero-order valence-corrected chi connectivity index (χ0v) is 9.22. The van der Waals surface area contributed by atoms with Gasteiger partial charge in [-0.2, -0.15) is 13.2 Å². The molecule has 6 nitrogen and oxygen atoms in total. The van der Waals surface area contributed by atoms with Crippen molar-refractivity contribution in [1.29, 1.82) is 0 Å². The van der Waals surface area contributed by atoms with E-state index in [0.717, 1.165) is 0 Å². The predicted octanol–water partition coefficient (Wildman–Crippen LogP) is -1.79. The molecule has 0 radical (unpaired) electrons. The molecule has 0 aromatic rings. The fourth-order valence-electron chi connectivity index (χ4n) is 0.150. The lowest BCUT2D eigenvalue weighted by Crippen LogP contribution is -2.50. The summed E-state index contributed by atoms with van der Waals surface area (Å²) in [6, 6.07) is 0. The van der Waals surface area contributed by atoms with E-state index in [-0.39, 0.29) is 6.26 Å². The lowest BCUT2D eigenvalue weighted by molar-refractivity contribution is -0.0429. The van der Waals surface area contributed by atoms with E-state index in [9.17, 15) is 21.6 Å². The molecular formula is C6H14F3NO5S. The van der Waals surface area contributed by atoms with E-state index in [2.05, 4.69) is 0 Å². The van der Waals surface area contributed by atoms with Gasteiger partial charge in [0, 0.05) is 6.26 Å². The van der Waals surface area contributed by atoms with Crippen LogP contribution in [-0.2, 0) is 9.84 Å². The zero-order chi connectivity index (χ0) is 13.6. The molecular weight excluding hydrogens is 255 g/mol. The number of nitrogens with two attached hydrogens (primary N) is 1. The van der Waals surface area contributed by atoms with Gasteiger partial charge in [-0.25, -0.2) is 8.42 Å². The number of halogens is 3. The van der Waals surface area contributed by atoms with Crippen molar-refractivity contribution in [2.24, 2.45) is 5.73 Å². The Kier molecular flexibility index (Phi) is 7.13. The average Bonchev–Trinajstić information content (AvgIpc) is 2.14. The molecule has 100 valence electrons. The minimum atomic E-state index is -5.09. The molecule has 0 aromatic heterocycles. The molecule has 0 rings (SSSR count). The molecule has 0 bridgehead atoms. The van der Waals surface area contributed by atoms with Crippen LogP contribution in [0.4, 0.5) is 13.2 Å². The maximum atomic E-state index is 11.0. The first kappa shape index (κ1) is 18.0. The standard InChI is InChI=1S/C4H11NO3.C2H3F3O2S/c5-4(1-6,2-7)3-8;1-8(6,7)2(3,4)5/h6-8H,1-3,5H2;1H3. The Morgan fingerprint density at radius 2 is 1.25 bits per heavy atom. The van der Waals surface area contributed by atoms with Crippen LogP contribution < -0.4 is 5.73 Å². The van der Waals surface area contributed by atoms with Crippen LogP contribution >= 0.6 is 0 Å². The topological polar surface area (TPSA) is 121 Å². The van der Waals surface area contributed by atoms with Gasteiger partial charge in [-0.05, 0) is 0 Å². The van der Waals surface area contributed by atoms with Crippen LogP contribution in [0.3, 0.4) is 0 Å². The highest BCUT2D eigenvalue weighted by molar-refractivity contribution is 7.91. The van der Waals surface area contributed by atoms with E-state index in [4.69, 9.17) is 21.1 Å². The van der Waals surface area contributed by atoms with Crippen LogP contribution in [0.15, 0.2) is 0 Å². The van der Waals surface area contributed by atoms with E-state index >= 15 is 0 Å². The Balaban J connectivity index is 0. The first-order valence-corrected chi connectivity index (χ1v) is 5.70. The molecule has 0 unspecified atom stereocenters. The minimum absolute atomic E-state index is 0.118. The largest absolute Gasteiger partial charge is 0.497 e. The van der Waals surface area contributed by atoms with Crippen molar-refractivity contribution in [2.75, 3.05) is 26.1 Å². The van der Waals surface area contributed by atoms with Gasteiger partial charge in [0.25, 0.3) is 0 Å². The molecule has 0 saturated heterocycles. The summed E-state index contributed by atoms with van der Waals surface area (Å²) in [7, 11) is -4.84. The summed E-state index contributed by atoms with van der Waals surface area (Å²) in [6.45, 7) is -1.21. The number of sulfone groups is 1. The first-order chi connectivity index (χ1) is 6.93. The van der Waals surface area contributed by atoms with E-state index in [1.807, 2.05) is 0 Å². The number of hydrogen-bond acceptors (Lipinski definition) is 6. The summed E-state index contributed by atoms with van der Waals surface area (Å²) < 4.78 is 52.0. The van der Waals surface area contributed by atoms with Gasteiger partial charge in [-0.3, -0.25) is 0 Å². The minimum Gasteiger partial charge on any atom is -0.394 e. The second-order valence-electron chi connectivity index (χ2n) is 3.05. The fraction of sp³-hybridized carbons (Fsp3) is 1.00. The summed E-state index contributed by atoms with van der Waals surface area (Å²) >= 11 is 0. The van der Waals surface area contributed by atoms with Crippen LogP contribution in [-0.4, -0.2) is 60.9 Å². The van der Waals surface area contributed by atoms with Crippen molar-refractivity contribution in [2.45, 2.75) is 11.0 Å². The molecule has 0 amide bonds. The van der Waals surface area contributed by atoms with E-state index in [1.165, 1.54) is 0 Å². The van der Waals surface area contributed by atoms with Gasteiger partial charge in [0.1, 0.15) is 0 Å². The number of rotatable bonds is 3. The Labute approximate surface area is 90.4 Å². The Bertz CT molecular complexity index is 277. The molecule has 0 atom stereocenters. The normalized spacial score (nSPS) is 13.0. The predicted molar refractivity (Wildman–Crippen MR) is 49.1 cm³/mol. The summed E-state index contributed by atoms with van der Waals surface area (Å²) in [6.07, 6.45) is 0.118. The summed E-state index contributed by atoms with van der Waals surface area (Å²) in [4.78, 5) is 0. The summed E-state index contributed by atoms with van der Waals surface area (Å²) in [5.41, 5.74) is -1.15. The van der Waals surface area contributed by atoms with Gasteiger partial charge in [-0.1, -0.05) is 0 Å². The first-order valence-electron chi connectivity index (χ1n) is 3.81. The quantitative estimate of drug-likeness (QED) is 0.480. The van der Waals surface area contributed by atoms with Gasteiger partial charge < -0.3 is 21.1 Å². The van der Waals surface area contributed by atoms with E-state index in [1.54, 1.807) is 0 Å². The number of aliphatic hydroxyl groups is 3. The molecule has 0 aliphatic rings. The smallest absolute Gasteiger partial charge is 0.394 e. The second-order valence-corrected chi connectivity index (χ2v) is 5.06. The Morgan fingerprint density at radius 1 is 1.06 bits per heavy atom. The molecule has 0 aliphatic carbocycles. The summed E-state index contributed by atoms with van der Waals surface area (Å²) in [5.74, 6) is 0. The van der Waals surface area contributed by atoms with Gasteiger partial charge >= 0.3 is 5.51 Å². The third-order valence-corrected chi connectivity index (χ3v) is 2.21. The highest BCUT2D eigenvalue weighted by Gasteiger charge is 2.41. The molecule has 10 heteroatoms. The lowest BCUT2D eigenvalue weighted by atomic mass is 10.1. The lowest BCUT2D eigenvalue weighted by Gasteiger charge is -2.20. The number of alkyl halides is 3. The molecule has 0 fully saturated rings. The molecule has 5 N–H and O–H groups in total. The van der Waals surface area contributed by atoms with Crippen LogP contribution in [0, 0.1) is 0 Å². The molecule has 0 saturated carbocycles. The highest BCUT2D eigenvalue weighted by atomic mass is 32.2. The third-order valence-electron chi connectivity index (χ3n) is 1.37. The van der Waals surface area contributed by atoms with Gasteiger partial charge in [0.2, 0.25) is 9.84 Å². The third kappa shape index (κ3) is 6.95. The molecule has 0 aromatic carbocycles. The number of hydrogen-bond donors (Lipinski definition) is 4. The second kappa shape index (κ2) is 6.35. The van der Waals surface area contributed by atoms with Gasteiger partial charge in [-0.15, -0.1) is 0 Å². The van der Waals surface area contributed by atoms with Crippen molar-refractivity contribution < 1.29 is 36.9 Å². The zero-order valence-electron chi connectivity index (χ0n) is 8.40. The molecule has 0 aliphatic heterocycles. The maximum Gasteiger partial charge on any atom is 0.497 e. The van der Waals surface area contributed by atoms with E-state index in [0.29, 0.717) is 0 Å². The van der Waals surface area contributed by atoms with Crippen LogP contribution in [0.5, 0.6) is 0 Å². The SMILES string of the molecule is CS(=O)(=O)C(F)(F)F.NC(CO)(CO)CO. The molecule has 0 spiro atoms. The van der Waals surface area contributed by atoms with Crippen molar-refractivity contribution in [3.8, 4) is 0 Å². The van der Waals surface area contributed by atoms with Crippen LogP contribution in [0.2, 0.25) is 0 Å². The maximum absolute atomic E-state index is 11.0. The van der Waals surface area contributed by atoms with E-state index < -0.39 is 40.7 Å². The van der Waals surface area contributed by atoms with Crippen LogP contribution in [0.1, 0.15) is 0 Å². The molecule has 0 heterocycles. The van der Waals surface area contributed by atoms with Crippen molar-refractivity contribution in [3.05, 3.63) is 0 Å². The van der Waals surface area contributed by atoms with Crippen molar-refractivity contribution in [3.63, 3.8) is 0 Å². The Morgan fingerprint density at radius 3 is 1.25 bits per heavy atom. The molecule has 16 heavy (non-hydrogen) atoms. The van der Waals surface area contributed by atoms with Crippen molar-refractivity contribution in [1.82, 2.24) is 0 Å². The van der Waals surface area contributed by atoms with Gasteiger partial charge in [0.15, 0.2) is 0 Å². The number of aliphatic hydroxyl groups excluding tert-OH is 3. The highest BCUT2D eigenvalue weighted by Crippen LogP contribution is 2.20. The monoisotopic (exact) mass is 269 g/mol. The van der Waals surface area contributed by atoms with Crippen molar-refractivity contribution >= 4 is 9.84 Å².